The van der Waals surface area contributed by atoms with Crippen LogP contribution in [0.4, 0.5) is 4.39 Å². The maximum atomic E-state index is 13.9. The van der Waals surface area contributed by atoms with Crippen molar-refractivity contribution in [3.05, 3.63) is 53.8 Å². The maximum Gasteiger partial charge on any atom is 0.244 e. The predicted molar refractivity (Wildman–Crippen MR) is 91.7 cm³/mol. The molecular weight excluding hydrogens is 345 g/mol. The van der Waals surface area contributed by atoms with Crippen molar-refractivity contribution in [3.8, 4) is 11.5 Å². The Morgan fingerprint density at radius 1 is 1.04 bits per heavy atom. The number of hydrogen-bond donors (Lipinski definition) is 1. The summed E-state index contributed by atoms with van der Waals surface area (Å²) in [4.78, 5) is -0.363. The Morgan fingerprint density at radius 3 is 2.40 bits per heavy atom. The molecule has 0 bridgehead atoms. The molecule has 134 valence electrons. The molecule has 0 saturated heterocycles. The molecule has 0 unspecified atom stereocenters. The molecular formula is C18H20FNO4S. The summed E-state index contributed by atoms with van der Waals surface area (Å²) in [6, 6.07) is 10.1. The van der Waals surface area contributed by atoms with Gasteiger partial charge >= 0.3 is 0 Å². The summed E-state index contributed by atoms with van der Waals surface area (Å²) in [6.45, 7) is 4.72. The van der Waals surface area contributed by atoms with Crippen LogP contribution in [-0.2, 0) is 10.0 Å². The fourth-order valence-electron chi connectivity index (χ4n) is 2.74. The van der Waals surface area contributed by atoms with Crippen molar-refractivity contribution in [1.29, 1.82) is 0 Å². The lowest BCUT2D eigenvalue weighted by molar-refractivity contribution is 0.171. The van der Waals surface area contributed by atoms with Gasteiger partial charge in [-0.1, -0.05) is 32.0 Å². The molecule has 0 amide bonds. The molecule has 1 aliphatic heterocycles. The third-order valence-electron chi connectivity index (χ3n) is 4.00. The van der Waals surface area contributed by atoms with Crippen LogP contribution in [0.5, 0.6) is 11.5 Å². The molecule has 7 heteroatoms. The number of sulfonamides is 1. The Balaban J connectivity index is 1.93. The summed E-state index contributed by atoms with van der Waals surface area (Å²) in [5.74, 6) is 0.387. The maximum absolute atomic E-state index is 13.9. The molecule has 1 N–H and O–H groups in total. The summed E-state index contributed by atoms with van der Waals surface area (Å²) in [5.41, 5.74) is 0.735. The quantitative estimate of drug-likeness (QED) is 0.883. The van der Waals surface area contributed by atoms with Gasteiger partial charge < -0.3 is 9.47 Å². The zero-order valence-corrected chi connectivity index (χ0v) is 14.8. The first-order chi connectivity index (χ1) is 11.9. The van der Waals surface area contributed by atoms with Gasteiger partial charge in [-0.15, -0.1) is 0 Å². The molecule has 0 fully saturated rings. The molecule has 2 aromatic rings. The van der Waals surface area contributed by atoms with Gasteiger partial charge in [0.2, 0.25) is 10.0 Å². The van der Waals surface area contributed by atoms with E-state index in [2.05, 4.69) is 4.72 Å². The monoisotopic (exact) mass is 365 g/mol. The largest absolute Gasteiger partial charge is 0.486 e. The first-order valence-electron chi connectivity index (χ1n) is 8.05. The average molecular weight is 365 g/mol. The average Bonchev–Trinajstić information content (AvgIpc) is 2.59. The lowest BCUT2D eigenvalue weighted by atomic mass is 9.97. The van der Waals surface area contributed by atoms with Crippen molar-refractivity contribution < 1.29 is 22.3 Å². The molecule has 0 spiro atoms. The van der Waals surface area contributed by atoms with E-state index < -0.39 is 21.9 Å². The summed E-state index contributed by atoms with van der Waals surface area (Å²) >= 11 is 0. The van der Waals surface area contributed by atoms with Crippen LogP contribution >= 0.6 is 0 Å². The third-order valence-corrected chi connectivity index (χ3v) is 5.47. The SMILES string of the molecule is CC(C)[C@H](NS(=O)(=O)c1ccccc1F)c1ccc2c(c1)OCCO2. The highest BCUT2D eigenvalue weighted by Crippen LogP contribution is 2.35. The first kappa shape index (κ1) is 17.7. The van der Waals surface area contributed by atoms with E-state index in [4.69, 9.17) is 9.47 Å². The van der Waals surface area contributed by atoms with Gasteiger partial charge in [-0.05, 0) is 35.7 Å². The summed E-state index contributed by atoms with van der Waals surface area (Å²) in [5, 5.41) is 0. The Bertz CT molecular complexity index is 867. The van der Waals surface area contributed by atoms with Crippen molar-refractivity contribution in [3.63, 3.8) is 0 Å². The molecule has 0 aromatic heterocycles. The van der Waals surface area contributed by atoms with Gasteiger partial charge in [0.25, 0.3) is 0 Å². The van der Waals surface area contributed by atoms with E-state index in [9.17, 15) is 12.8 Å². The Morgan fingerprint density at radius 2 is 1.72 bits per heavy atom. The Hall–Kier alpha value is -2.12. The number of fused-ring (bicyclic) bond motifs is 1. The fraction of sp³-hybridized carbons (Fsp3) is 0.333. The molecule has 1 atom stereocenters. The minimum Gasteiger partial charge on any atom is -0.486 e. The normalized spacial score (nSPS) is 15.2. The Labute approximate surface area is 146 Å². The molecule has 3 rings (SSSR count). The van der Waals surface area contributed by atoms with Gasteiger partial charge in [0.15, 0.2) is 11.5 Å². The van der Waals surface area contributed by atoms with Gasteiger partial charge in [0, 0.05) is 6.04 Å². The smallest absolute Gasteiger partial charge is 0.244 e. The van der Waals surface area contributed by atoms with Crippen LogP contribution < -0.4 is 14.2 Å². The topological polar surface area (TPSA) is 64.6 Å². The molecule has 1 aliphatic rings. The van der Waals surface area contributed by atoms with E-state index in [1.165, 1.54) is 18.2 Å². The highest BCUT2D eigenvalue weighted by Gasteiger charge is 2.27. The van der Waals surface area contributed by atoms with Crippen LogP contribution in [0.2, 0.25) is 0 Å². The molecule has 5 nitrogen and oxygen atoms in total. The standard InChI is InChI=1S/C18H20FNO4S/c1-12(2)18(13-7-8-15-16(11-13)24-10-9-23-15)20-25(21,22)17-6-4-3-5-14(17)19/h3-8,11-12,18,20H,9-10H2,1-2H3/t18-/m0/s1. The second-order valence-electron chi connectivity index (χ2n) is 6.18. The molecule has 2 aromatic carbocycles. The minimum atomic E-state index is -4.00. The number of benzene rings is 2. The van der Waals surface area contributed by atoms with Crippen LogP contribution in [0, 0.1) is 11.7 Å². The Kier molecular flexibility index (Phi) is 4.96. The highest BCUT2D eigenvalue weighted by atomic mass is 32.2. The van der Waals surface area contributed by atoms with E-state index in [1.54, 1.807) is 18.2 Å². The fourth-order valence-corrected chi connectivity index (χ4v) is 4.19. The van der Waals surface area contributed by atoms with Gasteiger partial charge in [-0.2, -0.15) is 0 Å². The molecule has 25 heavy (non-hydrogen) atoms. The van der Waals surface area contributed by atoms with Crippen molar-refractivity contribution in [2.75, 3.05) is 13.2 Å². The van der Waals surface area contributed by atoms with E-state index in [0.29, 0.717) is 24.7 Å². The van der Waals surface area contributed by atoms with Crippen LogP contribution in [-0.4, -0.2) is 21.6 Å². The first-order valence-corrected chi connectivity index (χ1v) is 9.53. The van der Waals surface area contributed by atoms with Crippen molar-refractivity contribution in [2.45, 2.75) is 24.8 Å². The minimum absolute atomic E-state index is 0.0518. The second kappa shape index (κ2) is 7.01. The van der Waals surface area contributed by atoms with Gasteiger partial charge in [-0.3, -0.25) is 0 Å². The van der Waals surface area contributed by atoms with E-state index >= 15 is 0 Å². The van der Waals surface area contributed by atoms with Crippen LogP contribution in [0.15, 0.2) is 47.4 Å². The molecule has 0 radical (unpaired) electrons. The zero-order chi connectivity index (χ0) is 18.0. The van der Waals surface area contributed by atoms with Crippen molar-refractivity contribution in [1.82, 2.24) is 4.72 Å². The lowest BCUT2D eigenvalue weighted by Crippen LogP contribution is -2.32. The van der Waals surface area contributed by atoms with E-state index in [1.807, 2.05) is 13.8 Å². The van der Waals surface area contributed by atoms with Crippen LogP contribution in [0.1, 0.15) is 25.5 Å². The van der Waals surface area contributed by atoms with Crippen molar-refractivity contribution in [2.24, 2.45) is 5.92 Å². The summed E-state index contributed by atoms with van der Waals surface area (Å²) in [6.07, 6.45) is 0. The molecule has 0 aliphatic carbocycles. The second-order valence-corrected chi connectivity index (χ2v) is 7.86. The van der Waals surface area contributed by atoms with Gasteiger partial charge in [0.1, 0.15) is 23.9 Å². The number of nitrogens with one attached hydrogen (secondary N) is 1. The molecule has 0 saturated carbocycles. The number of ether oxygens (including phenoxy) is 2. The van der Waals surface area contributed by atoms with Gasteiger partial charge in [-0.25, -0.2) is 17.5 Å². The van der Waals surface area contributed by atoms with Crippen LogP contribution in [0.3, 0.4) is 0 Å². The van der Waals surface area contributed by atoms with Gasteiger partial charge in [0.05, 0.1) is 0 Å². The lowest BCUT2D eigenvalue weighted by Gasteiger charge is -2.25. The zero-order valence-electron chi connectivity index (χ0n) is 14.0. The predicted octanol–water partition coefficient (Wildman–Crippen LogP) is 3.27. The summed E-state index contributed by atoms with van der Waals surface area (Å²) < 4.78 is 52.8. The van der Waals surface area contributed by atoms with Crippen molar-refractivity contribution >= 4 is 10.0 Å². The number of halogens is 1. The summed E-state index contributed by atoms with van der Waals surface area (Å²) in [7, 11) is -4.00. The van der Waals surface area contributed by atoms with Crippen LogP contribution in [0.25, 0.3) is 0 Å². The van der Waals surface area contributed by atoms with E-state index in [0.717, 1.165) is 11.6 Å². The number of hydrogen-bond acceptors (Lipinski definition) is 4. The number of rotatable bonds is 5. The third kappa shape index (κ3) is 3.77. The highest BCUT2D eigenvalue weighted by molar-refractivity contribution is 7.89. The van der Waals surface area contributed by atoms with E-state index in [-0.39, 0.29) is 10.8 Å². The molecule has 1 heterocycles.